The summed E-state index contributed by atoms with van der Waals surface area (Å²) >= 11 is 1.56. The van der Waals surface area contributed by atoms with Gasteiger partial charge in [0.05, 0.1) is 0 Å². The van der Waals surface area contributed by atoms with E-state index in [9.17, 15) is 4.79 Å². The molecule has 1 aromatic heterocycles. The van der Waals surface area contributed by atoms with Gasteiger partial charge in [0.1, 0.15) is 28.4 Å². The number of thiophene rings is 1. The van der Waals surface area contributed by atoms with Crippen molar-refractivity contribution in [1.82, 2.24) is 5.32 Å². The molecule has 0 saturated heterocycles. The summed E-state index contributed by atoms with van der Waals surface area (Å²) in [6, 6.07) is 9.62. The van der Waals surface area contributed by atoms with Crippen LogP contribution in [0.3, 0.4) is 0 Å². The van der Waals surface area contributed by atoms with Crippen LogP contribution in [0.4, 0.5) is 10.5 Å². The Kier molecular flexibility index (Phi) is 4.90. The number of nitrogens with zero attached hydrogens (tertiary/aromatic N) is 1. The molecule has 0 bridgehead atoms. The summed E-state index contributed by atoms with van der Waals surface area (Å²) in [5.41, 5.74) is 6.09. The smallest absolute Gasteiger partial charge is 0.408 e. The van der Waals surface area contributed by atoms with Crippen molar-refractivity contribution in [2.24, 2.45) is 10.7 Å². The zero-order chi connectivity index (χ0) is 19.8. The average molecular weight is 388 g/mol. The van der Waals surface area contributed by atoms with E-state index in [4.69, 9.17) is 15.2 Å². The minimum Gasteiger partial charge on any atom is -0.481 e. The second kappa shape index (κ2) is 6.88. The Morgan fingerprint density at radius 2 is 2.04 bits per heavy atom. The molecule has 144 valence electrons. The van der Waals surface area contributed by atoms with E-state index < -0.39 is 17.2 Å². The number of hydrogen-bond acceptors (Lipinski definition) is 6. The number of amidine groups is 1. The van der Waals surface area contributed by atoms with E-state index in [1.54, 1.807) is 11.3 Å². The van der Waals surface area contributed by atoms with E-state index >= 15 is 0 Å². The molecule has 2 atom stereocenters. The zero-order valence-electron chi connectivity index (χ0n) is 16.2. The van der Waals surface area contributed by atoms with Gasteiger partial charge in [0.2, 0.25) is 0 Å². The van der Waals surface area contributed by atoms with Gasteiger partial charge in [-0.2, -0.15) is 0 Å². The predicted molar refractivity (Wildman–Crippen MR) is 108 cm³/mol. The van der Waals surface area contributed by atoms with Crippen molar-refractivity contribution >= 4 is 29.0 Å². The van der Waals surface area contributed by atoms with Gasteiger partial charge in [0.25, 0.3) is 0 Å². The van der Waals surface area contributed by atoms with Gasteiger partial charge in [-0.05, 0) is 63.8 Å². The lowest BCUT2D eigenvalue weighted by atomic mass is 9.89. The van der Waals surface area contributed by atoms with Crippen LogP contribution in [0.2, 0.25) is 0 Å². The lowest BCUT2D eigenvalue weighted by Crippen LogP contribution is -2.46. The topological polar surface area (TPSA) is 85.9 Å². The second-order valence-electron chi connectivity index (χ2n) is 7.71. The highest BCUT2D eigenvalue weighted by molar-refractivity contribution is 7.10. The van der Waals surface area contributed by atoms with Crippen molar-refractivity contribution in [3.8, 4) is 5.75 Å². The first-order chi connectivity index (χ1) is 12.6. The van der Waals surface area contributed by atoms with Gasteiger partial charge in [0, 0.05) is 4.88 Å². The summed E-state index contributed by atoms with van der Waals surface area (Å²) in [6.45, 7) is 9.32. The van der Waals surface area contributed by atoms with Crippen molar-refractivity contribution in [2.75, 3.05) is 0 Å². The maximum absolute atomic E-state index is 12.5. The van der Waals surface area contributed by atoms with Gasteiger partial charge in [0.15, 0.2) is 6.10 Å². The highest BCUT2D eigenvalue weighted by Gasteiger charge is 2.35. The molecule has 0 fully saturated rings. The number of ether oxygens (including phenoxy) is 2. The minimum absolute atomic E-state index is 0.257. The monoisotopic (exact) mass is 387 g/mol. The molecule has 2 heterocycles. The molecule has 1 aliphatic rings. The summed E-state index contributed by atoms with van der Waals surface area (Å²) in [7, 11) is 0. The Bertz CT molecular complexity index is 871. The summed E-state index contributed by atoms with van der Waals surface area (Å²) < 4.78 is 11.3. The van der Waals surface area contributed by atoms with Crippen LogP contribution in [-0.4, -0.2) is 23.6 Å². The molecule has 3 N–H and O–H groups in total. The van der Waals surface area contributed by atoms with E-state index in [0.717, 1.165) is 10.4 Å². The lowest BCUT2D eigenvalue weighted by molar-refractivity contribution is 0.0481. The van der Waals surface area contributed by atoms with Crippen molar-refractivity contribution in [3.63, 3.8) is 0 Å². The van der Waals surface area contributed by atoms with Crippen LogP contribution in [0.1, 0.15) is 45.1 Å². The third-order valence-corrected chi connectivity index (χ3v) is 5.36. The van der Waals surface area contributed by atoms with Crippen LogP contribution in [0.5, 0.6) is 5.75 Å². The summed E-state index contributed by atoms with van der Waals surface area (Å²) in [4.78, 5) is 18.0. The minimum atomic E-state index is -0.779. The maximum Gasteiger partial charge on any atom is 0.408 e. The van der Waals surface area contributed by atoms with E-state index in [1.807, 2.05) is 70.3 Å². The molecule has 0 saturated carbocycles. The number of benzene rings is 1. The van der Waals surface area contributed by atoms with Gasteiger partial charge in [-0.25, -0.2) is 9.79 Å². The molecule has 1 amide bonds. The van der Waals surface area contributed by atoms with Gasteiger partial charge in [-0.1, -0.05) is 12.1 Å². The number of carbonyl (C=O) groups excluding carboxylic acids is 1. The summed E-state index contributed by atoms with van der Waals surface area (Å²) in [5, 5.41) is 5.00. The quantitative estimate of drug-likeness (QED) is 0.822. The normalized spacial score (nSPS) is 18.6. The van der Waals surface area contributed by atoms with Crippen LogP contribution < -0.4 is 15.8 Å². The summed E-state index contributed by atoms with van der Waals surface area (Å²) in [6.07, 6.45) is -0.740. The number of amides is 1. The van der Waals surface area contributed by atoms with E-state index in [2.05, 4.69) is 10.3 Å². The largest absolute Gasteiger partial charge is 0.481 e. The zero-order valence-corrected chi connectivity index (χ0v) is 17.0. The number of fused-ring (bicyclic) bond motifs is 1. The highest BCUT2D eigenvalue weighted by atomic mass is 32.1. The fourth-order valence-corrected chi connectivity index (χ4v) is 3.71. The molecule has 2 unspecified atom stereocenters. The number of rotatable bonds is 3. The molecule has 1 aliphatic heterocycles. The molecule has 7 heteroatoms. The molecule has 3 rings (SSSR count). The number of aliphatic imine (C=N–C) groups is 1. The van der Waals surface area contributed by atoms with Crippen LogP contribution in [-0.2, 0) is 10.3 Å². The molecular formula is C20H25N3O3S. The number of nitrogens with one attached hydrogen (secondary N) is 1. The maximum atomic E-state index is 12.5. The van der Waals surface area contributed by atoms with E-state index in [1.165, 1.54) is 0 Å². The molecule has 2 aromatic rings. The Labute approximate surface area is 163 Å². The van der Waals surface area contributed by atoms with Gasteiger partial charge in [-0.15, -0.1) is 11.3 Å². The van der Waals surface area contributed by atoms with Gasteiger partial charge in [-0.3, -0.25) is 0 Å². The Morgan fingerprint density at radius 1 is 1.30 bits per heavy atom. The molecule has 27 heavy (non-hydrogen) atoms. The average Bonchev–Trinajstić information content (AvgIpc) is 3.08. The molecule has 0 spiro atoms. The standard InChI is InChI=1S/C20H25N3O3S/c1-12-17(21)22-14-11-13(8-9-15(14)25-12)20(5,16-7-6-10-27-16)23-18(24)26-19(2,3)4/h6-12H,1-5H3,(H2,21,22)(H,23,24). The van der Waals surface area contributed by atoms with Crippen molar-refractivity contribution in [2.45, 2.75) is 51.9 Å². The first kappa shape index (κ1) is 19.2. The fraction of sp³-hybridized carbons (Fsp3) is 0.400. The number of hydrogen-bond donors (Lipinski definition) is 2. The van der Waals surface area contributed by atoms with Crippen LogP contribution in [0, 0.1) is 0 Å². The third kappa shape index (κ3) is 4.08. The van der Waals surface area contributed by atoms with Crippen molar-refractivity contribution in [1.29, 1.82) is 0 Å². The third-order valence-electron chi connectivity index (χ3n) is 4.27. The van der Waals surface area contributed by atoms with Crippen LogP contribution in [0.25, 0.3) is 0 Å². The first-order valence-corrected chi connectivity index (χ1v) is 9.67. The highest BCUT2D eigenvalue weighted by Crippen LogP contribution is 2.39. The van der Waals surface area contributed by atoms with E-state index in [-0.39, 0.29) is 6.10 Å². The van der Waals surface area contributed by atoms with Crippen molar-refractivity contribution in [3.05, 3.63) is 46.2 Å². The van der Waals surface area contributed by atoms with Crippen LogP contribution >= 0.6 is 11.3 Å². The molecule has 1 aromatic carbocycles. The van der Waals surface area contributed by atoms with Gasteiger partial charge < -0.3 is 20.5 Å². The fourth-order valence-electron chi connectivity index (χ4n) is 2.84. The molecule has 0 aliphatic carbocycles. The molecular weight excluding hydrogens is 362 g/mol. The van der Waals surface area contributed by atoms with Crippen molar-refractivity contribution < 1.29 is 14.3 Å². The predicted octanol–water partition coefficient (Wildman–Crippen LogP) is 4.31. The number of alkyl carbamates (subject to hydrolysis) is 1. The molecule has 0 radical (unpaired) electrons. The summed E-state index contributed by atoms with van der Waals surface area (Å²) in [5.74, 6) is 1.10. The Morgan fingerprint density at radius 3 is 2.67 bits per heavy atom. The van der Waals surface area contributed by atoms with Gasteiger partial charge >= 0.3 is 6.09 Å². The molecule has 6 nitrogen and oxygen atoms in total. The SMILES string of the molecule is CC1Oc2ccc(C(C)(NC(=O)OC(C)(C)C)c3cccs3)cc2N=C1N. The second-order valence-corrected chi connectivity index (χ2v) is 8.66. The van der Waals surface area contributed by atoms with Crippen LogP contribution in [0.15, 0.2) is 40.7 Å². The number of nitrogens with two attached hydrogens (primary N) is 1. The van der Waals surface area contributed by atoms with E-state index in [0.29, 0.717) is 17.3 Å². The Balaban J connectivity index is 2.01. The Hall–Kier alpha value is -2.54. The number of carbonyl (C=O) groups is 1. The first-order valence-electron chi connectivity index (χ1n) is 8.79. The lowest BCUT2D eigenvalue weighted by Gasteiger charge is -2.32.